The van der Waals surface area contributed by atoms with Gasteiger partial charge in [0.1, 0.15) is 5.76 Å². The largest absolute Gasteiger partial charge is 0.481 e. The van der Waals surface area contributed by atoms with Crippen LogP contribution in [-0.4, -0.2) is 22.1 Å². The smallest absolute Gasteiger partial charge is 0.303 e. The molecule has 0 aromatic carbocycles. The van der Waals surface area contributed by atoms with E-state index in [9.17, 15) is 9.59 Å². The number of amides is 1. The number of carbonyl (C=O) groups is 2. The van der Waals surface area contributed by atoms with Crippen LogP contribution in [0.2, 0.25) is 0 Å². The minimum atomic E-state index is -0.836. The first-order valence-corrected chi connectivity index (χ1v) is 6.94. The highest BCUT2D eigenvalue weighted by molar-refractivity contribution is 5.90. The highest BCUT2D eigenvalue weighted by Crippen LogP contribution is 2.42. The molecule has 1 fully saturated rings. The maximum atomic E-state index is 12.1. The van der Waals surface area contributed by atoms with Gasteiger partial charge in [-0.15, -0.1) is 0 Å². The summed E-state index contributed by atoms with van der Waals surface area (Å²) in [5, 5.41) is 15.5. The molecule has 1 aliphatic carbocycles. The third-order valence-electron chi connectivity index (χ3n) is 3.87. The average Bonchev–Trinajstić information content (AvgIpc) is 2.74. The standard InChI is InChI=1S/C14H20N2O4/c1-10-7-11(16-20-10)15-12(17)8-14(9-13(18)19)5-3-2-4-6-14/h7H,2-6,8-9H2,1H3,(H,18,19)(H,15,16,17). The summed E-state index contributed by atoms with van der Waals surface area (Å²) < 4.78 is 4.89. The van der Waals surface area contributed by atoms with Crippen LogP contribution in [0.3, 0.4) is 0 Å². The van der Waals surface area contributed by atoms with Gasteiger partial charge in [0, 0.05) is 12.5 Å². The highest BCUT2D eigenvalue weighted by atomic mass is 16.5. The molecule has 20 heavy (non-hydrogen) atoms. The molecule has 0 spiro atoms. The first kappa shape index (κ1) is 14.6. The fraction of sp³-hybridized carbons (Fsp3) is 0.643. The predicted molar refractivity (Wildman–Crippen MR) is 72.3 cm³/mol. The summed E-state index contributed by atoms with van der Waals surface area (Å²) in [4.78, 5) is 23.1. The van der Waals surface area contributed by atoms with E-state index in [1.54, 1.807) is 13.0 Å². The number of anilines is 1. The molecule has 0 unspecified atom stereocenters. The van der Waals surface area contributed by atoms with Crippen molar-refractivity contribution >= 4 is 17.7 Å². The van der Waals surface area contributed by atoms with Gasteiger partial charge in [0.25, 0.3) is 0 Å². The number of hydrogen-bond donors (Lipinski definition) is 2. The van der Waals surface area contributed by atoms with E-state index < -0.39 is 11.4 Å². The molecule has 1 aliphatic rings. The monoisotopic (exact) mass is 280 g/mol. The van der Waals surface area contributed by atoms with E-state index in [1.165, 1.54) is 0 Å². The zero-order valence-electron chi connectivity index (χ0n) is 11.6. The van der Waals surface area contributed by atoms with Gasteiger partial charge in [-0.3, -0.25) is 9.59 Å². The SMILES string of the molecule is Cc1cc(NC(=O)CC2(CC(=O)O)CCCCC2)no1. The number of nitrogens with zero attached hydrogens (tertiary/aromatic N) is 1. The van der Waals surface area contributed by atoms with E-state index in [-0.39, 0.29) is 18.7 Å². The molecular weight excluding hydrogens is 260 g/mol. The predicted octanol–water partition coefficient (Wildman–Crippen LogP) is 2.74. The number of hydrogen-bond acceptors (Lipinski definition) is 4. The van der Waals surface area contributed by atoms with Crippen molar-refractivity contribution in [3.63, 3.8) is 0 Å². The van der Waals surface area contributed by atoms with Crippen molar-refractivity contribution in [1.29, 1.82) is 0 Å². The molecule has 1 saturated carbocycles. The fourth-order valence-corrected chi connectivity index (χ4v) is 2.99. The summed E-state index contributed by atoms with van der Waals surface area (Å²) in [6.45, 7) is 1.75. The average molecular weight is 280 g/mol. The third kappa shape index (κ3) is 3.82. The van der Waals surface area contributed by atoms with Crippen LogP contribution in [0.25, 0.3) is 0 Å². The van der Waals surface area contributed by atoms with Gasteiger partial charge in [-0.05, 0) is 25.2 Å². The summed E-state index contributed by atoms with van der Waals surface area (Å²) >= 11 is 0. The van der Waals surface area contributed by atoms with Crippen molar-refractivity contribution in [2.75, 3.05) is 5.32 Å². The van der Waals surface area contributed by atoms with Crippen LogP contribution in [0.4, 0.5) is 5.82 Å². The van der Waals surface area contributed by atoms with Gasteiger partial charge in [0.15, 0.2) is 5.82 Å². The second-order valence-corrected chi connectivity index (χ2v) is 5.68. The topological polar surface area (TPSA) is 92.4 Å². The Morgan fingerprint density at radius 2 is 2.05 bits per heavy atom. The quantitative estimate of drug-likeness (QED) is 0.865. The second-order valence-electron chi connectivity index (χ2n) is 5.68. The Bertz CT molecular complexity index is 489. The number of carbonyl (C=O) groups excluding carboxylic acids is 1. The molecule has 2 rings (SSSR count). The summed E-state index contributed by atoms with van der Waals surface area (Å²) in [5.74, 6) is -0.0227. The number of aryl methyl sites for hydroxylation is 1. The molecule has 110 valence electrons. The van der Waals surface area contributed by atoms with Gasteiger partial charge < -0.3 is 14.9 Å². The molecule has 0 saturated heterocycles. The van der Waals surface area contributed by atoms with Crippen molar-refractivity contribution in [2.24, 2.45) is 5.41 Å². The Hall–Kier alpha value is -1.85. The molecule has 1 amide bonds. The molecular formula is C14H20N2O4. The Morgan fingerprint density at radius 1 is 1.35 bits per heavy atom. The molecule has 0 aliphatic heterocycles. The second kappa shape index (κ2) is 6.07. The zero-order valence-corrected chi connectivity index (χ0v) is 11.6. The van der Waals surface area contributed by atoms with Crippen LogP contribution < -0.4 is 5.32 Å². The van der Waals surface area contributed by atoms with E-state index in [1.807, 2.05) is 0 Å². The number of carboxylic acid groups (broad SMARTS) is 1. The normalized spacial score (nSPS) is 17.6. The lowest BCUT2D eigenvalue weighted by molar-refractivity contribution is -0.140. The number of aliphatic carboxylic acids is 1. The summed E-state index contributed by atoms with van der Waals surface area (Å²) in [5.41, 5.74) is -0.410. The zero-order chi connectivity index (χ0) is 14.6. The number of nitrogens with one attached hydrogen (secondary N) is 1. The molecule has 6 heteroatoms. The van der Waals surface area contributed by atoms with Crippen molar-refractivity contribution < 1.29 is 19.2 Å². The molecule has 2 N–H and O–H groups in total. The van der Waals surface area contributed by atoms with Gasteiger partial charge >= 0.3 is 5.97 Å². The van der Waals surface area contributed by atoms with Gasteiger partial charge in [0.05, 0.1) is 6.42 Å². The van der Waals surface area contributed by atoms with Crippen LogP contribution >= 0.6 is 0 Å². The van der Waals surface area contributed by atoms with Crippen LogP contribution in [0, 0.1) is 12.3 Å². The number of aromatic nitrogens is 1. The maximum Gasteiger partial charge on any atom is 0.303 e. The van der Waals surface area contributed by atoms with E-state index in [0.717, 1.165) is 32.1 Å². The Labute approximate surface area is 117 Å². The Balaban J connectivity index is 1.99. The Kier molecular flexibility index (Phi) is 4.42. The number of carboxylic acids is 1. The Morgan fingerprint density at radius 3 is 2.60 bits per heavy atom. The minimum Gasteiger partial charge on any atom is -0.481 e. The van der Waals surface area contributed by atoms with E-state index in [0.29, 0.717) is 11.6 Å². The van der Waals surface area contributed by atoms with Crippen LogP contribution in [-0.2, 0) is 9.59 Å². The molecule has 0 radical (unpaired) electrons. The molecule has 0 atom stereocenters. The van der Waals surface area contributed by atoms with Crippen molar-refractivity contribution in [1.82, 2.24) is 5.16 Å². The lowest BCUT2D eigenvalue weighted by Crippen LogP contribution is -2.32. The summed E-state index contributed by atoms with van der Waals surface area (Å²) in [6, 6.07) is 1.64. The van der Waals surface area contributed by atoms with Crippen LogP contribution in [0.1, 0.15) is 50.7 Å². The molecule has 1 aromatic rings. The minimum absolute atomic E-state index is 0.0538. The van der Waals surface area contributed by atoms with Gasteiger partial charge in [0.2, 0.25) is 5.91 Å². The summed E-state index contributed by atoms with van der Waals surface area (Å²) in [7, 11) is 0. The third-order valence-corrected chi connectivity index (χ3v) is 3.87. The number of rotatable bonds is 5. The first-order valence-electron chi connectivity index (χ1n) is 6.94. The molecule has 1 aromatic heterocycles. The van der Waals surface area contributed by atoms with E-state index >= 15 is 0 Å². The van der Waals surface area contributed by atoms with Crippen molar-refractivity contribution in [3.8, 4) is 0 Å². The van der Waals surface area contributed by atoms with Crippen molar-refractivity contribution in [3.05, 3.63) is 11.8 Å². The summed E-state index contributed by atoms with van der Waals surface area (Å²) in [6.07, 6.45) is 4.97. The van der Waals surface area contributed by atoms with Gasteiger partial charge in [-0.2, -0.15) is 0 Å². The van der Waals surface area contributed by atoms with Gasteiger partial charge in [-0.25, -0.2) is 0 Å². The lowest BCUT2D eigenvalue weighted by atomic mass is 9.69. The molecule has 0 bridgehead atoms. The lowest BCUT2D eigenvalue weighted by Gasteiger charge is -2.35. The highest BCUT2D eigenvalue weighted by Gasteiger charge is 2.36. The van der Waals surface area contributed by atoms with Gasteiger partial charge in [-0.1, -0.05) is 24.4 Å². The molecule has 1 heterocycles. The van der Waals surface area contributed by atoms with Crippen molar-refractivity contribution in [2.45, 2.75) is 51.9 Å². The van der Waals surface area contributed by atoms with E-state index in [4.69, 9.17) is 9.63 Å². The molecule has 6 nitrogen and oxygen atoms in total. The van der Waals surface area contributed by atoms with E-state index in [2.05, 4.69) is 10.5 Å². The van der Waals surface area contributed by atoms with Crippen LogP contribution in [0.15, 0.2) is 10.6 Å². The first-order chi connectivity index (χ1) is 9.49. The van der Waals surface area contributed by atoms with Crippen LogP contribution in [0.5, 0.6) is 0 Å². The fourth-order valence-electron chi connectivity index (χ4n) is 2.99. The maximum absolute atomic E-state index is 12.1.